The maximum absolute atomic E-state index is 13.3. The van der Waals surface area contributed by atoms with Gasteiger partial charge in [-0.3, -0.25) is 11.3 Å². The molecular formula is C13H19FN2O. The standard InChI is InChI=1S/C13H19FN2O/c1-17-12-8-10(6-7-11(12)14)13(16-15)9-4-2-3-5-9/h6-9,13,16H,2-5,15H2,1H3. The lowest BCUT2D eigenvalue weighted by Gasteiger charge is -2.23. The van der Waals surface area contributed by atoms with Crippen molar-refractivity contribution in [2.45, 2.75) is 31.7 Å². The van der Waals surface area contributed by atoms with Crippen LogP contribution in [0, 0.1) is 11.7 Å². The topological polar surface area (TPSA) is 47.3 Å². The molecule has 1 saturated carbocycles. The van der Waals surface area contributed by atoms with Crippen LogP contribution in [0.4, 0.5) is 4.39 Å². The van der Waals surface area contributed by atoms with E-state index in [1.807, 2.05) is 0 Å². The molecule has 0 saturated heterocycles. The average Bonchev–Trinajstić information content (AvgIpc) is 2.86. The molecule has 17 heavy (non-hydrogen) atoms. The van der Waals surface area contributed by atoms with E-state index in [1.54, 1.807) is 12.1 Å². The molecule has 94 valence electrons. The average molecular weight is 238 g/mol. The van der Waals surface area contributed by atoms with Crippen molar-refractivity contribution in [1.82, 2.24) is 5.43 Å². The van der Waals surface area contributed by atoms with Gasteiger partial charge < -0.3 is 4.74 Å². The molecule has 0 amide bonds. The summed E-state index contributed by atoms with van der Waals surface area (Å²) in [7, 11) is 1.47. The van der Waals surface area contributed by atoms with Crippen LogP contribution in [0.5, 0.6) is 5.75 Å². The van der Waals surface area contributed by atoms with Crippen LogP contribution in [0.2, 0.25) is 0 Å². The summed E-state index contributed by atoms with van der Waals surface area (Å²) in [6.45, 7) is 0. The van der Waals surface area contributed by atoms with Crippen molar-refractivity contribution in [3.63, 3.8) is 0 Å². The van der Waals surface area contributed by atoms with E-state index in [0.717, 1.165) is 5.56 Å². The summed E-state index contributed by atoms with van der Waals surface area (Å²) in [6.07, 6.45) is 4.85. The smallest absolute Gasteiger partial charge is 0.165 e. The highest BCUT2D eigenvalue weighted by Gasteiger charge is 2.26. The molecule has 0 spiro atoms. The molecule has 3 nitrogen and oxygen atoms in total. The Bertz CT molecular complexity index is 378. The van der Waals surface area contributed by atoms with Gasteiger partial charge in [0.15, 0.2) is 11.6 Å². The quantitative estimate of drug-likeness (QED) is 0.626. The fourth-order valence-electron chi connectivity index (χ4n) is 2.67. The van der Waals surface area contributed by atoms with Crippen LogP contribution >= 0.6 is 0 Å². The first-order valence-corrected chi connectivity index (χ1v) is 6.06. The number of ether oxygens (including phenoxy) is 1. The van der Waals surface area contributed by atoms with E-state index in [-0.39, 0.29) is 17.6 Å². The largest absolute Gasteiger partial charge is 0.494 e. The Morgan fingerprint density at radius 3 is 2.71 bits per heavy atom. The predicted molar refractivity (Wildman–Crippen MR) is 65.0 cm³/mol. The van der Waals surface area contributed by atoms with Gasteiger partial charge in [0.25, 0.3) is 0 Å². The second kappa shape index (κ2) is 5.47. The molecule has 1 fully saturated rings. The Morgan fingerprint density at radius 2 is 2.12 bits per heavy atom. The summed E-state index contributed by atoms with van der Waals surface area (Å²) in [6, 6.07) is 5.04. The van der Waals surface area contributed by atoms with Crippen LogP contribution in [-0.4, -0.2) is 7.11 Å². The van der Waals surface area contributed by atoms with Crippen molar-refractivity contribution in [3.05, 3.63) is 29.6 Å². The molecule has 0 aliphatic heterocycles. The first kappa shape index (κ1) is 12.3. The minimum Gasteiger partial charge on any atom is -0.494 e. The summed E-state index contributed by atoms with van der Waals surface area (Å²) in [5.74, 6) is 6.11. The second-order valence-corrected chi connectivity index (χ2v) is 4.58. The lowest BCUT2D eigenvalue weighted by atomic mass is 9.92. The van der Waals surface area contributed by atoms with Gasteiger partial charge in [0, 0.05) is 6.04 Å². The first-order chi connectivity index (χ1) is 8.26. The van der Waals surface area contributed by atoms with Crippen LogP contribution in [0.25, 0.3) is 0 Å². The van der Waals surface area contributed by atoms with E-state index in [9.17, 15) is 4.39 Å². The molecule has 0 radical (unpaired) electrons. The van der Waals surface area contributed by atoms with E-state index in [1.165, 1.54) is 38.9 Å². The highest BCUT2D eigenvalue weighted by atomic mass is 19.1. The molecule has 0 heterocycles. The number of hydrazine groups is 1. The Kier molecular flexibility index (Phi) is 3.97. The SMILES string of the molecule is COc1cc(C(NN)C2CCCC2)ccc1F. The predicted octanol–water partition coefficient (Wildman–Crippen LogP) is 2.53. The van der Waals surface area contributed by atoms with Crippen LogP contribution in [0.1, 0.15) is 37.3 Å². The van der Waals surface area contributed by atoms with Crippen molar-refractivity contribution in [2.24, 2.45) is 11.8 Å². The number of methoxy groups -OCH3 is 1. The third-order valence-electron chi connectivity index (χ3n) is 3.59. The Morgan fingerprint density at radius 1 is 1.41 bits per heavy atom. The molecule has 0 aromatic heterocycles. The van der Waals surface area contributed by atoms with Gasteiger partial charge >= 0.3 is 0 Å². The number of rotatable bonds is 4. The van der Waals surface area contributed by atoms with Crippen molar-refractivity contribution in [1.29, 1.82) is 0 Å². The summed E-state index contributed by atoms with van der Waals surface area (Å²) >= 11 is 0. The third kappa shape index (κ3) is 2.58. The van der Waals surface area contributed by atoms with Gasteiger partial charge in [-0.1, -0.05) is 18.9 Å². The Balaban J connectivity index is 2.23. The highest BCUT2D eigenvalue weighted by Crippen LogP contribution is 2.36. The minimum atomic E-state index is -0.335. The third-order valence-corrected chi connectivity index (χ3v) is 3.59. The number of hydrogen-bond donors (Lipinski definition) is 2. The van der Waals surface area contributed by atoms with E-state index >= 15 is 0 Å². The van der Waals surface area contributed by atoms with Gasteiger partial charge in [0.2, 0.25) is 0 Å². The zero-order chi connectivity index (χ0) is 12.3. The zero-order valence-electron chi connectivity index (χ0n) is 10.1. The molecule has 3 N–H and O–H groups in total. The fourth-order valence-corrected chi connectivity index (χ4v) is 2.67. The van der Waals surface area contributed by atoms with E-state index in [4.69, 9.17) is 10.6 Å². The highest BCUT2D eigenvalue weighted by molar-refractivity contribution is 5.32. The monoisotopic (exact) mass is 238 g/mol. The number of halogens is 1. The molecule has 1 unspecified atom stereocenters. The summed E-state index contributed by atoms with van der Waals surface area (Å²) in [4.78, 5) is 0. The zero-order valence-corrected chi connectivity index (χ0v) is 10.1. The molecule has 1 aromatic carbocycles. The maximum Gasteiger partial charge on any atom is 0.165 e. The van der Waals surface area contributed by atoms with E-state index in [0.29, 0.717) is 5.92 Å². The molecule has 1 atom stereocenters. The molecule has 1 aliphatic rings. The number of hydrogen-bond acceptors (Lipinski definition) is 3. The summed E-state index contributed by atoms with van der Waals surface area (Å²) < 4.78 is 18.3. The van der Waals surface area contributed by atoms with Gasteiger partial charge in [0.05, 0.1) is 7.11 Å². The van der Waals surface area contributed by atoms with Gasteiger partial charge in [0.1, 0.15) is 0 Å². The lowest BCUT2D eigenvalue weighted by Crippen LogP contribution is -2.32. The number of nitrogens with one attached hydrogen (secondary N) is 1. The fraction of sp³-hybridized carbons (Fsp3) is 0.538. The minimum absolute atomic E-state index is 0.0898. The number of nitrogens with two attached hydrogens (primary N) is 1. The van der Waals surface area contributed by atoms with Crippen molar-refractivity contribution < 1.29 is 9.13 Å². The van der Waals surface area contributed by atoms with Gasteiger partial charge in [-0.25, -0.2) is 4.39 Å². The Labute approximate surface area is 101 Å². The van der Waals surface area contributed by atoms with Crippen LogP contribution in [-0.2, 0) is 0 Å². The van der Waals surface area contributed by atoms with Gasteiger partial charge in [-0.15, -0.1) is 0 Å². The van der Waals surface area contributed by atoms with E-state index in [2.05, 4.69) is 5.43 Å². The molecule has 0 bridgehead atoms. The van der Waals surface area contributed by atoms with E-state index < -0.39 is 0 Å². The lowest BCUT2D eigenvalue weighted by molar-refractivity contribution is 0.363. The van der Waals surface area contributed by atoms with Crippen LogP contribution in [0.15, 0.2) is 18.2 Å². The molecule has 4 heteroatoms. The second-order valence-electron chi connectivity index (χ2n) is 4.58. The molecular weight excluding hydrogens is 219 g/mol. The summed E-state index contributed by atoms with van der Waals surface area (Å²) in [5, 5.41) is 0. The van der Waals surface area contributed by atoms with Crippen molar-refractivity contribution in [3.8, 4) is 5.75 Å². The van der Waals surface area contributed by atoms with Crippen molar-refractivity contribution >= 4 is 0 Å². The van der Waals surface area contributed by atoms with Gasteiger partial charge in [-0.2, -0.15) is 0 Å². The number of benzene rings is 1. The maximum atomic E-state index is 13.3. The van der Waals surface area contributed by atoms with Crippen LogP contribution in [0.3, 0.4) is 0 Å². The molecule has 1 aromatic rings. The van der Waals surface area contributed by atoms with Crippen LogP contribution < -0.4 is 16.0 Å². The Hall–Kier alpha value is -1.13. The molecule has 2 rings (SSSR count). The first-order valence-electron chi connectivity index (χ1n) is 6.06. The summed E-state index contributed by atoms with van der Waals surface area (Å²) in [5.41, 5.74) is 3.85. The normalized spacial score (nSPS) is 18.3. The van der Waals surface area contributed by atoms with Crippen molar-refractivity contribution in [2.75, 3.05) is 7.11 Å². The van der Waals surface area contributed by atoms with Gasteiger partial charge in [-0.05, 0) is 36.5 Å². The molecule has 1 aliphatic carbocycles.